The molecule has 6 nitrogen and oxygen atoms in total. The predicted molar refractivity (Wildman–Crippen MR) is 86.1 cm³/mol. The van der Waals surface area contributed by atoms with Crippen LogP contribution in [0.2, 0.25) is 0 Å². The number of anilines is 1. The first-order chi connectivity index (χ1) is 10.8. The summed E-state index contributed by atoms with van der Waals surface area (Å²) in [7, 11) is 0. The lowest BCUT2D eigenvalue weighted by Crippen LogP contribution is -2.29. The van der Waals surface area contributed by atoms with E-state index in [1.807, 2.05) is 6.92 Å². The highest BCUT2D eigenvalue weighted by atomic mass is 16.4. The maximum Gasteiger partial charge on any atom is 0.308 e. The van der Waals surface area contributed by atoms with Gasteiger partial charge in [0.25, 0.3) is 5.91 Å². The second-order valence-electron chi connectivity index (χ2n) is 6.35. The number of amides is 2. The highest BCUT2D eigenvalue weighted by molar-refractivity contribution is 5.96. The number of nitrogens with one attached hydrogen (secondary N) is 1. The predicted octanol–water partition coefficient (Wildman–Crippen LogP) is 2.07. The average molecular weight is 318 g/mol. The molecule has 0 bridgehead atoms. The van der Waals surface area contributed by atoms with Gasteiger partial charge >= 0.3 is 5.97 Å². The number of aliphatic carboxylic acids is 1. The van der Waals surface area contributed by atoms with Crippen LogP contribution < -0.4 is 5.32 Å². The van der Waals surface area contributed by atoms with Crippen molar-refractivity contribution in [3.63, 3.8) is 0 Å². The first-order valence-electron chi connectivity index (χ1n) is 7.72. The van der Waals surface area contributed by atoms with Crippen LogP contribution in [0.3, 0.4) is 0 Å². The Kier molecular flexibility index (Phi) is 5.03. The molecule has 0 saturated carbocycles. The lowest BCUT2D eigenvalue weighted by atomic mass is 9.99. The van der Waals surface area contributed by atoms with Gasteiger partial charge in [-0.2, -0.15) is 0 Å². The number of carboxylic acids is 1. The van der Waals surface area contributed by atoms with Gasteiger partial charge in [-0.25, -0.2) is 0 Å². The van der Waals surface area contributed by atoms with Gasteiger partial charge in [0, 0.05) is 30.3 Å². The molecular weight excluding hydrogens is 296 g/mol. The molecule has 1 fully saturated rings. The molecule has 1 heterocycles. The Labute approximate surface area is 135 Å². The number of carbonyl (C=O) groups is 3. The monoisotopic (exact) mass is 318 g/mol. The Hall–Kier alpha value is -2.37. The highest BCUT2D eigenvalue weighted by Crippen LogP contribution is 2.25. The van der Waals surface area contributed by atoms with E-state index in [9.17, 15) is 14.4 Å². The van der Waals surface area contributed by atoms with Crippen molar-refractivity contribution in [1.82, 2.24) is 4.90 Å². The van der Waals surface area contributed by atoms with Gasteiger partial charge in [-0.05, 0) is 30.2 Å². The Balaban J connectivity index is 2.04. The maximum atomic E-state index is 12.4. The van der Waals surface area contributed by atoms with Gasteiger partial charge in [0.15, 0.2) is 0 Å². The van der Waals surface area contributed by atoms with Crippen LogP contribution in [-0.2, 0) is 9.59 Å². The molecule has 0 radical (unpaired) electrons. The minimum absolute atomic E-state index is 0.0546. The van der Waals surface area contributed by atoms with E-state index in [2.05, 4.69) is 5.32 Å². The van der Waals surface area contributed by atoms with E-state index in [0.29, 0.717) is 17.8 Å². The second kappa shape index (κ2) is 6.81. The lowest BCUT2D eigenvalue weighted by molar-refractivity contribution is -0.142. The summed E-state index contributed by atoms with van der Waals surface area (Å²) in [5, 5.41) is 11.9. The third kappa shape index (κ3) is 3.88. The molecule has 0 spiro atoms. The van der Waals surface area contributed by atoms with Crippen LogP contribution in [0.5, 0.6) is 0 Å². The zero-order valence-corrected chi connectivity index (χ0v) is 13.6. The highest BCUT2D eigenvalue weighted by Gasteiger charge is 2.37. The minimum Gasteiger partial charge on any atom is -0.481 e. The summed E-state index contributed by atoms with van der Waals surface area (Å²) in [4.78, 5) is 36.8. The number of carbonyl (C=O) groups excluding carboxylic acids is 2. The van der Waals surface area contributed by atoms with Crippen molar-refractivity contribution in [3.05, 3.63) is 29.8 Å². The first kappa shape index (κ1) is 17.0. The molecular formula is C17H22N2O4. The van der Waals surface area contributed by atoms with Gasteiger partial charge in [0.2, 0.25) is 5.91 Å². The third-order valence-corrected chi connectivity index (χ3v) is 4.14. The molecule has 6 heteroatoms. The SMILES string of the molecule is CC(C)C(=O)Nc1ccc(C(=O)N2C[C@@H](C)[C@H](C(=O)O)C2)cc1. The lowest BCUT2D eigenvalue weighted by Gasteiger charge is -2.16. The van der Waals surface area contributed by atoms with Gasteiger partial charge in [0.1, 0.15) is 0 Å². The van der Waals surface area contributed by atoms with E-state index < -0.39 is 11.9 Å². The molecule has 2 amide bonds. The van der Waals surface area contributed by atoms with Crippen LogP contribution in [0.15, 0.2) is 24.3 Å². The summed E-state index contributed by atoms with van der Waals surface area (Å²) >= 11 is 0. The summed E-state index contributed by atoms with van der Waals surface area (Å²) in [6.07, 6.45) is 0. The average Bonchev–Trinajstić information content (AvgIpc) is 2.89. The normalized spacial score (nSPS) is 20.6. The number of hydrogen-bond acceptors (Lipinski definition) is 3. The van der Waals surface area contributed by atoms with Crippen LogP contribution in [0.25, 0.3) is 0 Å². The van der Waals surface area contributed by atoms with Crippen molar-refractivity contribution < 1.29 is 19.5 Å². The van der Waals surface area contributed by atoms with E-state index in [4.69, 9.17) is 5.11 Å². The van der Waals surface area contributed by atoms with E-state index in [-0.39, 0.29) is 30.2 Å². The fourth-order valence-corrected chi connectivity index (χ4v) is 2.62. The molecule has 1 aromatic rings. The first-order valence-corrected chi connectivity index (χ1v) is 7.72. The molecule has 1 saturated heterocycles. The molecule has 1 aliphatic rings. The standard InChI is InChI=1S/C17H22N2O4/c1-10(2)15(20)18-13-6-4-12(5-7-13)16(21)19-8-11(3)14(9-19)17(22)23/h4-7,10-11,14H,8-9H2,1-3H3,(H,18,20)(H,22,23)/t11-,14-/m1/s1. The molecule has 0 unspecified atom stereocenters. The minimum atomic E-state index is -0.862. The molecule has 0 aromatic heterocycles. The zero-order chi connectivity index (χ0) is 17.1. The summed E-state index contributed by atoms with van der Waals surface area (Å²) in [6, 6.07) is 6.66. The number of likely N-dealkylation sites (tertiary alicyclic amines) is 1. The topological polar surface area (TPSA) is 86.7 Å². The molecule has 0 aliphatic carbocycles. The smallest absolute Gasteiger partial charge is 0.308 e. The van der Waals surface area contributed by atoms with Crippen molar-refractivity contribution in [3.8, 4) is 0 Å². The second-order valence-corrected chi connectivity index (χ2v) is 6.35. The van der Waals surface area contributed by atoms with Gasteiger partial charge in [-0.15, -0.1) is 0 Å². The summed E-state index contributed by atoms with van der Waals surface area (Å²) in [6.45, 7) is 6.14. The van der Waals surface area contributed by atoms with E-state index in [1.165, 1.54) is 0 Å². The number of carboxylic acid groups (broad SMARTS) is 1. The van der Waals surface area contributed by atoms with Crippen LogP contribution in [0.4, 0.5) is 5.69 Å². The maximum absolute atomic E-state index is 12.4. The Morgan fingerprint density at radius 3 is 2.26 bits per heavy atom. The molecule has 124 valence electrons. The molecule has 1 aromatic carbocycles. The summed E-state index contributed by atoms with van der Waals surface area (Å²) in [5.41, 5.74) is 1.13. The quantitative estimate of drug-likeness (QED) is 0.890. The van der Waals surface area contributed by atoms with Crippen LogP contribution in [0, 0.1) is 17.8 Å². The van der Waals surface area contributed by atoms with E-state index in [1.54, 1.807) is 43.0 Å². The number of rotatable bonds is 4. The Morgan fingerprint density at radius 2 is 1.78 bits per heavy atom. The third-order valence-electron chi connectivity index (χ3n) is 4.14. The number of benzene rings is 1. The summed E-state index contributed by atoms with van der Waals surface area (Å²) in [5.74, 6) is -1.80. The Morgan fingerprint density at radius 1 is 1.17 bits per heavy atom. The molecule has 23 heavy (non-hydrogen) atoms. The van der Waals surface area contributed by atoms with Crippen molar-refractivity contribution in [2.75, 3.05) is 18.4 Å². The van der Waals surface area contributed by atoms with E-state index in [0.717, 1.165) is 0 Å². The van der Waals surface area contributed by atoms with Gasteiger partial charge in [-0.3, -0.25) is 14.4 Å². The van der Waals surface area contributed by atoms with Crippen LogP contribution in [-0.4, -0.2) is 40.9 Å². The van der Waals surface area contributed by atoms with Crippen LogP contribution >= 0.6 is 0 Å². The molecule has 2 rings (SSSR count). The molecule has 2 N–H and O–H groups in total. The van der Waals surface area contributed by atoms with Gasteiger partial charge in [0.05, 0.1) is 5.92 Å². The molecule has 1 aliphatic heterocycles. The largest absolute Gasteiger partial charge is 0.481 e. The Bertz CT molecular complexity index is 610. The number of nitrogens with zero attached hydrogens (tertiary/aromatic N) is 1. The van der Waals surface area contributed by atoms with Crippen LogP contribution in [0.1, 0.15) is 31.1 Å². The van der Waals surface area contributed by atoms with Gasteiger partial charge < -0.3 is 15.3 Å². The van der Waals surface area contributed by atoms with Crippen molar-refractivity contribution in [1.29, 1.82) is 0 Å². The van der Waals surface area contributed by atoms with Gasteiger partial charge in [-0.1, -0.05) is 20.8 Å². The van der Waals surface area contributed by atoms with Crippen molar-refractivity contribution in [2.45, 2.75) is 20.8 Å². The zero-order valence-electron chi connectivity index (χ0n) is 13.6. The van der Waals surface area contributed by atoms with E-state index >= 15 is 0 Å². The fraction of sp³-hybridized carbons (Fsp3) is 0.471. The van der Waals surface area contributed by atoms with Crippen molar-refractivity contribution >= 4 is 23.5 Å². The van der Waals surface area contributed by atoms with Crippen molar-refractivity contribution in [2.24, 2.45) is 17.8 Å². The number of hydrogen-bond donors (Lipinski definition) is 2. The summed E-state index contributed by atoms with van der Waals surface area (Å²) < 4.78 is 0. The molecule has 2 atom stereocenters. The fourth-order valence-electron chi connectivity index (χ4n) is 2.62.